The normalized spacial score (nSPS) is 10.2. The lowest BCUT2D eigenvalue weighted by Crippen LogP contribution is -2.18. The molecule has 0 fully saturated rings. The van der Waals surface area contributed by atoms with Gasteiger partial charge < -0.3 is 10.4 Å². The molecule has 0 radical (unpaired) electrons. The lowest BCUT2D eigenvalue weighted by Gasteiger charge is -2.07. The Bertz CT molecular complexity index is 634. The Morgan fingerprint density at radius 1 is 1.25 bits per heavy atom. The largest absolute Gasteiger partial charge is 0.481 e. The van der Waals surface area contributed by atoms with Crippen LogP contribution in [0.15, 0.2) is 36.5 Å². The fraction of sp³-hybridized carbons (Fsp3) is 0.214. The van der Waals surface area contributed by atoms with E-state index in [9.17, 15) is 9.59 Å². The number of aliphatic carboxylic acids is 1. The van der Waals surface area contributed by atoms with Crippen LogP contribution in [0.4, 0.5) is 0 Å². The Hall–Kier alpha value is -2.63. The Kier molecular flexibility index (Phi) is 4.14. The predicted octanol–water partition coefficient (Wildman–Crippen LogP) is 0.918. The predicted molar refractivity (Wildman–Crippen MR) is 72.5 cm³/mol. The molecule has 104 valence electrons. The SMILES string of the molecule is CNC(=O)c1ccn(Cc2ccccc2CC(=O)O)n1. The molecule has 0 saturated carbocycles. The summed E-state index contributed by atoms with van der Waals surface area (Å²) in [5, 5.41) is 15.5. The summed E-state index contributed by atoms with van der Waals surface area (Å²) in [6.45, 7) is 0.431. The van der Waals surface area contributed by atoms with Crippen LogP contribution in [0.25, 0.3) is 0 Å². The van der Waals surface area contributed by atoms with Gasteiger partial charge in [0.2, 0.25) is 0 Å². The second-order valence-electron chi connectivity index (χ2n) is 4.32. The maximum Gasteiger partial charge on any atom is 0.307 e. The number of nitrogens with one attached hydrogen (secondary N) is 1. The molecule has 2 aromatic rings. The molecular formula is C14H15N3O3. The van der Waals surface area contributed by atoms with Gasteiger partial charge in [-0.3, -0.25) is 14.3 Å². The number of nitrogens with zero attached hydrogens (tertiary/aromatic N) is 2. The highest BCUT2D eigenvalue weighted by atomic mass is 16.4. The van der Waals surface area contributed by atoms with Gasteiger partial charge in [0.25, 0.3) is 5.91 Å². The smallest absolute Gasteiger partial charge is 0.307 e. The van der Waals surface area contributed by atoms with Crippen LogP contribution in [-0.2, 0) is 17.8 Å². The molecule has 6 heteroatoms. The minimum absolute atomic E-state index is 0.0280. The van der Waals surface area contributed by atoms with Gasteiger partial charge in [0.1, 0.15) is 5.69 Å². The number of carbonyl (C=O) groups is 2. The van der Waals surface area contributed by atoms with E-state index in [4.69, 9.17) is 5.11 Å². The molecular weight excluding hydrogens is 258 g/mol. The average Bonchev–Trinajstić information content (AvgIpc) is 2.88. The Labute approximate surface area is 116 Å². The minimum atomic E-state index is -0.871. The first-order valence-corrected chi connectivity index (χ1v) is 6.14. The third-order valence-corrected chi connectivity index (χ3v) is 2.89. The van der Waals surface area contributed by atoms with Gasteiger partial charge in [-0.15, -0.1) is 0 Å². The van der Waals surface area contributed by atoms with Crippen molar-refractivity contribution in [1.82, 2.24) is 15.1 Å². The molecule has 1 aromatic heterocycles. The summed E-state index contributed by atoms with van der Waals surface area (Å²) in [5.74, 6) is -1.12. The van der Waals surface area contributed by atoms with Crippen LogP contribution in [0, 0.1) is 0 Å². The fourth-order valence-electron chi connectivity index (χ4n) is 1.92. The van der Waals surface area contributed by atoms with E-state index in [1.54, 1.807) is 36.1 Å². The second-order valence-corrected chi connectivity index (χ2v) is 4.32. The van der Waals surface area contributed by atoms with E-state index in [1.165, 1.54) is 0 Å². The third-order valence-electron chi connectivity index (χ3n) is 2.89. The van der Waals surface area contributed by atoms with E-state index in [2.05, 4.69) is 10.4 Å². The highest BCUT2D eigenvalue weighted by Gasteiger charge is 2.10. The number of amides is 1. The zero-order chi connectivity index (χ0) is 14.5. The van der Waals surface area contributed by atoms with Crippen molar-refractivity contribution in [2.24, 2.45) is 0 Å². The topological polar surface area (TPSA) is 84.2 Å². The summed E-state index contributed by atoms with van der Waals surface area (Å²) in [6.07, 6.45) is 1.67. The molecule has 1 amide bonds. The van der Waals surface area contributed by atoms with E-state index in [1.807, 2.05) is 12.1 Å². The molecule has 2 N–H and O–H groups in total. The molecule has 0 unspecified atom stereocenters. The Morgan fingerprint density at radius 2 is 1.95 bits per heavy atom. The number of carbonyl (C=O) groups excluding carboxylic acids is 1. The van der Waals surface area contributed by atoms with Gasteiger partial charge in [-0.25, -0.2) is 0 Å². The molecule has 0 atom stereocenters. The van der Waals surface area contributed by atoms with Gasteiger partial charge in [0, 0.05) is 13.2 Å². The summed E-state index contributed by atoms with van der Waals surface area (Å²) in [6, 6.07) is 8.93. The van der Waals surface area contributed by atoms with E-state index in [-0.39, 0.29) is 12.3 Å². The first-order valence-electron chi connectivity index (χ1n) is 6.14. The molecule has 2 rings (SSSR count). The standard InChI is InChI=1S/C14H15N3O3/c1-15-14(20)12-6-7-17(16-12)9-11-5-3-2-4-10(11)8-13(18)19/h2-7H,8-9H2,1H3,(H,15,20)(H,18,19). The van der Waals surface area contributed by atoms with Gasteiger partial charge >= 0.3 is 5.97 Å². The van der Waals surface area contributed by atoms with Crippen molar-refractivity contribution >= 4 is 11.9 Å². The van der Waals surface area contributed by atoms with Crippen LogP contribution < -0.4 is 5.32 Å². The van der Waals surface area contributed by atoms with Crippen LogP contribution >= 0.6 is 0 Å². The molecule has 0 aliphatic rings. The minimum Gasteiger partial charge on any atom is -0.481 e. The highest BCUT2D eigenvalue weighted by Crippen LogP contribution is 2.11. The molecule has 1 aromatic carbocycles. The van der Waals surface area contributed by atoms with Crippen LogP contribution in [0.5, 0.6) is 0 Å². The molecule has 20 heavy (non-hydrogen) atoms. The molecule has 1 heterocycles. The summed E-state index contributed by atoms with van der Waals surface area (Å²) in [5.41, 5.74) is 1.96. The van der Waals surface area contributed by atoms with Crippen molar-refractivity contribution < 1.29 is 14.7 Å². The van der Waals surface area contributed by atoms with E-state index < -0.39 is 5.97 Å². The number of rotatable bonds is 5. The Balaban J connectivity index is 2.19. The number of aromatic nitrogens is 2. The molecule has 0 aliphatic heterocycles. The number of carboxylic acid groups (broad SMARTS) is 1. The molecule has 0 spiro atoms. The van der Waals surface area contributed by atoms with E-state index in [0.29, 0.717) is 12.2 Å². The van der Waals surface area contributed by atoms with Crippen molar-refractivity contribution in [3.8, 4) is 0 Å². The number of benzene rings is 1. The van der Waals surface area contributed by atoms with Gasteiger partial charge in [-0.05, 0) is 17.2 Å². The quantitative estimate of drug-likeness (QED) is 0.848. The van der Waals surface area contributed by atoms with Crippen molar-refractivity contribution in [3.05, 3.63) is 53.3 Å². The van der Waals surface area contributed by atoms with Crippen LogP contribution in [0.2, 0.25) is 0 Å². The van der Waals surface area contributed by atoms with Gasteiger partial charge in [-0.1, -0.05) is 24.3 Å². The first kappa shape index (κ1) is 13.8. The number of hydrogen-bond donors (Lipinski definition) is 2. The van der Waals surface area contributed by atoms with Crippen molar-refractivity contribution in [3.63, 3.8) is 0 Å². The van der Waals surface area contributed by atoms with Gasteiger partial charge in [0.15, 0.2) is 0 Å². The van der Waals surface area contributed by atoms with Crippen LogP contribution in [-0.4, -0.2) is 33.8 Å². The summed E-state index contributed by atoms with van der Waals surface area (Å²) in [4.78, 5) is 22.3. The van der Waals surface area contributed by atoms with Crippen molar-refractivity contribution in [2.75, 3.05) is 7.05 Å². The zero-order valence-corrected chi connectivity index (χ0v) is 11.0. The maximum absolute atomic E-state index is 11.4. The summed E-state index contributed by atoms with van der Waals surface area (Å²) < 4.78 is 1.62. The molecule has 0 saturated heterocycles. The first-order chi connectivity index (χ1) is 9.60. The average molecular weight is 273 g/mol. The van der Waals surface area contributed by atoms with E-state index in [0.717, 1.165) is 11.1 Å². The zero-order valence-electron chi connectivity index (χ0n) is 11.0. The highest BCUT2D eigenvalue weighted by molar-refractivity contribution is 5.91. The van der Waals surface area contributed by atoms with E-state index >= 15 is 0 Å². The van der Waals surface area contributed by atoms with Crippen molar-refractivity contribution in [1.29, 1.82) is 0 Å². The second kappa shape index (κ2) is 6.01. The molecule has 0 aliphatic carbocycles. The Morgan fingerprint density at radius 3 is 2.60 bits per heavy atom. The van der Waals surface area contributed by atoms with Gasteiger partial charge in [0.05, 0.1) is 13.0 Å². The van der Waals surface area contributed by atoms with Gasteiger partial charge in [-0.2, -0.15) is 5.10 Å². The third kappa shape index (κ3) is 3.23. The lowest BCUT2D eigenvalue weighted by atomic mass is 10.0. The summed E-state index contributed by atoms with van der Waals surface area (Å²) >= 11 is 0. The number of hydrogen-bond acceptors (Lipinski definition) is 3. The molecule has 0 bridgehead atoms. The number of carboxylic acids is 1. The maximum atomic E-state index is 11.4. The van der Waals surface area contributed by atoms with Crippen LogP contribution in [0.1, 0.15) is 21.6 Å². The summed E-state index contributed by atoms with van der Waals surface area (Å²) in [7, 11) is 1.55. The fourth-order valence-corrected chi connectivity index (χ4v) is 1.92. The van der Waals surface area contributed by atoms with Crippen molar-refractivity contribution in [2.45, 2.75) is 13.0 Å². The molecule has 6 nitrogen and oxygen atoms in total. The lowest BCUT2D eigenvalue weighted by molar-refractivity contribution is -0.136. The monoisotopic (exact) mass is 273 g/mol. The van der Waals surface area contributed by atoms with Crippen LogP contribution in [0.3, 0.4) is 0 Å².